The Morgan fingerprint density at radius 3 is 2.52 bits per heavy atom. The van der Waals surface area contributed by atoms with Crippen LogP contribution in [0.2, 0.25) is 0 Å². The van der Waals surface area contributed by atoms with Crippen molar-refractivity contribution in [3.05, 3.63) is 65.7 Å². The average molecular weight is 808 g/mol. The molecule has 0 bridgehead atoms. The van der Waals surface area contributed by atoms with Crippen molar-refractivity contribution in [3.63, 3.8) is 0 Å². The van der Waals surface area contributed by atoms with Crippen LogP contribution >= 0.6 is 0 Å². The molecule has 1 aliphatic carbocycles. The first-order chi connectivity index (χ1) is 27.9. The molecule has 1 aromatic carbocycles. The first-order valence-electron chi connectivity index (χ1n) is 20.2. The van der Waals surface area contributed by atoms with Gasteiger partial charge in [-0.2, -0.15) is 18.3 Å². The van der Waals surface area contributed by atoms with Gasteiger partial charge in [-0.05, 0) is 100 Å². The highest BCUT2D eigenvalue weighted by Gasteiger charge is 2.40. The van der Waals surface area contributed by atoms with Gasteiger partial charge < -0.3 is 26.2 Å². The van der Waals surface area contributed by atoms with Crippen LogP contribution in [0.15, 0.2) is 48.9 Å². The molecule has 4 aromatic rings. The zero-order valence-corrected chi connectivity index (χ0v) is 32.1. The Balaban J connectivity index is 0.847. The number of halogens is 4. The fraction of sp³-hybridized carbons (Fsp3) is 0.550. The van der Waals surface area contributed by atoms with E-state index >= 15 is 0 Å². The van der Waals surface area contributed by atoms with Crippen LogP contribution in [0, 0.1) is 11.8 Å². The van der Waals surface area contributed by atoms with Crippen molar-refractivity contribution in [2.75, 3.05) is 54.8 Å². The van der Waals surface area contributed by atoms with Crippen molar-refractivity contribution in [3.8, 4) is 0 Å². The van der Waals surface area contributed by atoms with Gasteiger partial charge in [0, 0.05) is 56.4 Å². The van der Waals surface area contributed by atoms with E-state index < -0.39 is 35.7 Å². The highest BCUT2D eigenvalue weighted by molar-refractivity contribution is 6.12. The molecule has 3 amide bonds. The molecule has 4 fully saturated rings. The summed E-state index contributed by atoms with van der Waals surface area (Å²) in [6.07, 6.45) is 4.34. The number of anilines is 3. The first-order valence-corrected chi connectivity index (χ1v) is 20.2. The first kappa shape index (κ1) is 39.7. The van der Waals surface area contributed by atoms with Crippen molar-refractivity contribution < 1.29 is 31.9 Å². The van der Waals surface area contributed by atoms with Crippen molar-refractivity contribution in [1.82, 2.24) is 34.6 Å². The molecule has 4 aliphatic rings. The SMILES string of the molecule is N[C@@H]1C[C@@H](F)CN(c2nn3cccnc3c2C(=O)Nc2cn(C3CCC(CN4CCC(CNc5cccc(C6CCC(=O)NC6=O)c5)CC4)CC3)nc2C(F)(F)F)C1. The van der Waals surface area contributed by atoms with Gasteiger partial charge in [-0.25, -0.2) is 13.9 Å². The van der Waals surface area contributed by atoms with Crippen molar-refractivity contribution in [2.24, 2.45) is 17.6 Å². The summed E-state index contributed by atoms with van der Waals surface area (Å²) < 4.78 is 60.4. The van der Waals surface area contributed by atoms with Gasteiger partial charge in [0.2, 0.25) is 11.8 Å². The standard InChI is InChI=1S/C40H49F4N11O3/c41-27-18-28(45)22-53(21-27)37-34(36-46-13-2-14-54(36)51-37)39(58)48-32-23-55(50-35(32)40(42,43)44)30-7-5-25(6-8-30)20-52-15-11-24(12-16-52)19-47-29-4-1-3-26(17-29)31-9-10-33(56)49-38(31)57/h1-4,13-14,17,23-25,27-28,30-31,47H,5-12,15-16,18-22,45H2,(H,48,58)(H,49,56,57)/t25?,27-,28-,30?,31?/m1/s1. The van der Waals surface area contributed by atoms with E-state index in [1.54, 1.807) is 17.2 Å². The van der Waals surface area contributed by atoms with Gasteiger partial charge in [-0.3, -0.25) is 24.4 Å². The van der Waals surface area contributed by atoms with Crippen molar-refractivity contribution in [2.45, 2.75) is 88.1 Å². The third kappa shape index (κ3) is 8.82. The minimum absolute atomic E-state index is 0.0611. The van der Waals surface area contributed by atoms with Crippen LogP contribution in [0.3, 0.4) is 0 Å². The summed E-state index contributed by atoms with van der Waals surface area (Å²) in [5, 5.41) is 16.9. The molecule has 3 aliphatic heterocycles. The Morgan fingerprint density at radius 1 is 0.983 bits per heavy atom. The quantitative estimate of drug-likeness (QED) is 0.124. The van der Waals surface area contributed by atoms with Gasteiger partial charge in [0.15, 0.2) is 17.2 Å². The predicted molar refractivity (Wildman–Crippen MR) is 208 cm³/mol. The third-order valence-electron chi connectivity index (χ3n) is 12.1. The lowest BCUT2D eigenvalue weighted by molar-refractivity contribution is -0.141. The van der Waals surface area contributed by atoms with Crippen LogP contribution in [-0.2, 0) is 15.8 Å². The summed E-state index contributed by atoms with van der Waals surface area (Å²) in [5.41, 5.74) is 6.35. The smallest absolute Gasteiger partial charge is 0.385 e. The number of benzene rings is 1. The molecule has 8 rings (SSSR count). The normalized spacial score (nSPS) is 25.2. The van der Waals surface area contributed by atoms with E-state index in [0.29, 0.717) is 37.5 Å². The van der Waals surface area contributed by atoms with E-state index in [2.05, 4.69) is 36.0 Å². The number of rotatable bonds is 10. The molecule has 5 N–H and O–H groups in total. The summed E-state index contributed by atoms with van der Waals surface area (Å²) in [4.78, 5) is 46.0. The Hall–Kier alpha value is -5.10. The van der Waals surface area contributed by atoms with E-state index in [1.807, 2.05) is 24.3 Å². The highest BCUT2D eigenvalue weighted by Crippen LogP contribution is 2.39. The second-order valence-electron chi connectivity index (χ2n) is 16.3. The van der Waals surface area contributed by atoms with Crippen molar-refractivity contribution in [1.29, 1.82) is 0 Å². The zero-order chi connectivity index (χ0) is 40.6. The van der Waals surface area contributed by atoms with E-state index in [9.17, 15) is 31.9 Å². The number of piperidine rings is 3. The molecular formula is C40H49F4N11O3. The fourth-order valence-electron chi connectivity index (χ4n) is 9.08. The number of imide groups is 1. The number of hydrogen-bond donors (Lipinski definition) is 4. The number of nitrogens with two attached hydrogens (primary N) is 1. The molecule has 14 nitrogen and oxygen atoms in total. The fourth-order valence-corrected chi connectivity index (χ4v) is 9.08. The average Bonchev–Trinajstić information content (AvgIpc) is 3.80. The molecule has 6 heterocycles. The number of nitrogens with one attached hydrogen (secondary N) is 3. The molecule has 1 saturated carbocycles. The Bertz CT molecular complexity index is 2110. The number of carbonyl (C=O) groups excluding carboxylic acids is 3. The summed E-state index contributed by atoms with van der Waals surface area (Å²) in [6, 6.07) is 8.71. The molecule has 58 heavy (non-hydrogen) atoms. The lowest BCUT2D eigenvalue weighted by atomic mass is 9.85. The number of fused-ring (bicyclic) bond motifs is 1. The lowest BCUT2D eigenvalue weighted by Gasteiger charge is -2.36. The largest absolute Gasteiger partial charge is 0.437 e. The van der Waals surface area contributed by atoms with Gasteiger partial charge in [-0.1, -0.05) is 12.1 Å². The van der Waals surface area contributed by atoms with Crippen LogP contribution in [0.25, 0.3) is 5.65 Å². The van der Waals surface area contributed by atoms with Crippen LogP contribution in [0.5, 0.6) is 0 Å². The van der Waals surface area contributed by atoms with Gasteiger partial charge in [0.25, 0.3) is 5.91 Å². The molecule has 3 atom stereocenters. The number of likely N-dealkylation sites (tertiary alicyclic amines) is 1. The minimum Gasteiger partial charge on any atom is -0.385 e. The van der Waals surface area contributed by atoms with Crippen LogP contribution in [0.4, 0.5) is 34.8 Å². The molecule has 0 radical (unpaired) electrons. The maximum Gasteiger partial charge on any atom is 0.437 e. The summed E-state index contributed by atoms with van der Waals surface area (Å²) >= 11 is 0. The van der Waals surface area contributed by atoms with Gasteiger partial charge >= 0.3 is 6.18 Å². The maximum absolute atomic E-state index is 14.5. The Morgan fingerprint density at radius 2 is 1.78 bits per heavy atom. The van der Waals surface area contributed by atoms with E-state index in [-0.39, 0.29) is 60.3 Å². The molecule has 3 aromatic heterocycles. The number of nitrogens with zero attached hydrogens (tertiary/aromatic N) is 7. The molecule has 3 saturated heterocycles. The summed E-state index contributed by atoms with van der Waals surface area (Å²) in [6.45, 7) is 3.88. The van der Waals surface area contributed by atoms with Gasteiger partial charge in [-0.15, -0.1) is 5.10 Å². The highest BCUT2D eigenvalue weighted by atomic mass is 19.4. The minimum atomic E-state index is -4.82. The molecule has 310 valence electrons. The predicted octanol–water partition coefficient (Wildman–Crippen LogP) is 5.15. The summed E-state index contributed by atoms with van der Waals surface area (Å²) in [5.74, 6) is -0.611. The van der Waals surface area contributed by atoms with E-state index in [0.717, 1.165) is 63.1 Å². The van der Waals surface area contributed by atoms with Gasteiger partial charge in [0.05, 0.1) is 24.2 Å². The molecule has 0 spiro atoms. The van der Waals surface area contributed by atoms with Crippen molar-refractivity contribution >= 4 is 40.6 Å². The topological polar surface area (TPSA) is 168 Å². The second-order valence-corrected chi connectivity index (χ2v) is 16.3. The number of aromatic nitrogens is 5. The van der Waals surface area contributed by atoms with Crippen LogP contribution < -0.4 is 26.6 Å². The number of alkyl halides is 4. The molecule has 18 heteroatoms. The monoisotopic (exact) mass is 807 g/mol. The molecule has 1 unspecified atom stereocenters. The number of hydrogen-bond acceptors (Lipinski definition) is 10. The lowest BCUT2D eigenvalue weighted by Crippen LogP contribution is -2.48. The molecular weight excluding hydrogens is 759 g/mol. The third-order valence-corrected chi connectivity index (χ3v) is 12.1. The Kier molecular flexibility index (Phi) is 11.4. The van der Waals surface area contributed by atoms with E-state index in [4.69, 9.17) is 5.73 Å². The zero-order valence-electron chi connectivity index (χ0n) is 32.1. The van der Waals surface area contributed by atoms with E-state index in [1.165, 1.54) is 21.6 Å². The Labute approximate surface area is 332 Å². The number of amides is 3. The number of carbonyl (C=O) groups is 3. The maximum atomic E-state index is 14.5. The van der Waals surface area contributed by atoms with Crippen LogP contribution in [0.1, 0.15) is 91.4 Å². The van der Waals surface area contributed by atoms with Crippen LogP contribution in [-0.4, -0.2) is 98.5 Å². The van der Waals surface area contributed by atoms with Gasteiger partial charge in [0.1, 0.15) is 11.7 Å². The second kappa shape index (κ2) is 16.6. The summed E-state index contributed by atoms with van der Waals surface area (Å²) in [7, 11) is 0.